The molecule has 168 valence electrons. The van der Waals surface area contributed by atoms with Crippen LogP contribution < -0.4 is 5.32 Å². The second-order valence-electron chi connectivity index (χ2n) is 7.87. The molecule has 2 aromatic heterocycles. The third-order valence-electron chi connectivity index (χ3n) is 5.48. The summed E-state index contributed by atoms with van der Waals surface area (Å²) in [5.74, 6) is 0.433. The zero-order chi connectivity index (χ0) is 23.4. The van der Waals surface area contributed by atoms with Crippen molar-refractivity contribution in [3.05, 3.63) is 90.0 Å². The number of methoxy groups -OCH3 is 1. The topological polar surface area (TPSA) is 94.8 Å². The fraction of sp³-hybridized carbons (Fsp3) is 0.240. The molecule has 2 unspecified atom stereocenters. The van der Waals surface area contributed by atoms with Crippen molar-refractivity contribution in [1.82, 2.24) is 30.0 Å². The summed E-state index contributed by atoms with van der Waals surface area (Å²) in [4.78, 5) is 26.0. The number of aryl methyl sites for hydroxylation is 1. The molecule has 4 rings (SSSR count). The first-order chi connectivity index (χ1) is 16.0. The standard InChI is InChI=1S/C25H26N6O2/c1-16-5-7-19(8-6-16)20-11-21(25(32)30-17(2)23-14-26-9-10-27-23)13-22(12-20)31-24(18(3)33-4)28-15-29-31/h5-15,17-18H,1-4H3,(H,30,32). The van der Waals surface area contributed by atoms with Crippen LogP contribution in [0.3, 0.4) is 0 Å². The van der Waals surface area contributed by atoms with Gasteiger partial charge in [-0.25, -0.2) is 9.67 Å². The third-order valence-corrected chi connectivity index (χ3v) is 5.48. The second-order valence-corrected chi connectivity index (χ2v) is 7.87. The Morgan fingerprint density at radius 3 is 2.52 bits per heavy atom. The lowest BCUT2D eigenvalue weighted by atomic mass is 10.0. The van der Waals surface area contributed by atoms with Gasteiger partial charge in [0, 0.05) is 25.1 Å². The minimum Gasteiger partial charge on any atom is -0.374 e. The lowest BCUT2D eigenvalue weighted by Crippen LogP contribution is -2.27. The van der Waals surface area contributed by atoms with E-state index < -0.39 is 0 Å². The Morgan fingerprint density at radius 1 is 1.03 bits per heavy atom. The van der Waals surface area contributed by atoms with Crippen LogP contribution in [0.25, 0.3) is 16.8 Å². The van der Waals surface area contributed by atoms with Gasteiger partial charge in [-0.3, -0.25) is 14.8 Å². The molecule has 0 aliphatic heterocycles. The van der Waals surface area contributed by atoms with Gasteiger partial charge in [0.05, 0.1) is 23.6 Å². The summed E-state index contributed by atoms with van der Waals surface area (Å²) in [5, 5.41) is 7.40. The first-order valence-electron chi connectivity index (χ1n) is 10.7. The molecule has 0 aliphatic rings. The summed E-state index contributed by atoms with van der Waals surface area (Å²) in [7, 11) is 1.62. The van der Waals surface area contributed by atoms with Crippen molar-refractivity contribution >= 4 is 5.91 Å². The first kappa shape index (κ1) is 22.3. The molecule has 2 heterocycles. The van der Waals surface area contributed by atoms with Gasteiger partial charge in [-0.2, -0.15) is 5.10 Å². The van der Waals surface area contributed by atoms with Crippen LogP contribution in [0.2, 0.25) is 0 Å². The number of benzene rings is 2. The molecule has 0 saturated heterocycles. The van der Waals surface area contributed by atoms with Crippen molar-refractivity contribution in [3.63, 3.8) is 0 Å². The zero-order valence-electron chi connectivity index (χ0n) is 19.1. The van der Waals surface area contributed by atoms with Crippen molar-refractivity contribution in [2.24, 2.45) is 0 Å². The molecular weight excluding hydrogens is 416 g/mol. The number of hydrogen-bond acceptors (Lipinski definition) is 6. The Kier molecular flexibility index (Phi) is 6.55. The van der Waals surface area contributed by atoms with Crippen LogP contribution in [0, 0.1) is 6.92 Å². The maximum atomic E-state index is 13.2. The summed E-state index contributed by atoms with van der Waals surface area (Å²) in [6.45, 7) is 5.82. The molecule has 0 fully saturated rings. The van der Waals surface area contributed by atoms with E-state index in [1.54, 1.807) is 36.4 Å². The quantitative estimate of drug-likeness (QED) is 0.460. The van der Waals surface area contributed by atoms with Crippen LogP contribution in [0.15, 0.2) is 67.4 Å². The lowest BCUT2D eigenvalue weighted by Gasteiger charge is -2.16. The van der Waals surface area contributed by atoms with Gasteiger partial charge in [0.25, 0.3) is 5.91 Å². The van der Waals surface area contributed by atoms with E-state index in [4.69, 9.17) is 4.74 Å². The van der Waals surface area contributed by atoms with Gasteiger partial charge in [-0.1, -0.05) is 29.8 Å². The predicted octanol–water partition coefficient (Wildman–Crippen LogP) is 4.23. The maximum Gasteiger partial charge on any atom is 0.251 e. The molecular formula is C25H26N6O2. The zero-order valence-corrected chi connectivity index (χ0v) is 19.1. The largest absolute Gasteiger partial charge is 0.374 e. The summed E-state index contributed by atoms with van der Waals surface area (Å²) in [6.07, 6.45) is 6.08. The van der Waals surface area contributed by atoms with E-state index in [1.165, 1.54) is 6.33 Å². The number of aromatic nitrogens is 5. The number of rotatable bonds is 7. The van der Waals surface area contributed by atoms with Gasteiger partial charge in [-0.15, -0.1) is 0 Å². The van der Waals surface area contributed by atoms with E-state index in [9.17, 15) is 4.79 Å². The minimum absolute atomic E-state index is 0.218. The van der Waals surface area contributed by atoms with Crippen molar-refractivity contribution in [2.45, 2.75) is 32.9 Å². The molecule has 4 aromatic rings. The van der Waals surface area contributed by atoms with Gasteiger partial charge in [0.1, 0.15) is 12.4 Å². The van der Waals surface area contributed by atoms with Crippen LogP contribution in [0.5, 0.6) is 0 Å². The van der Waals surface area contributed by atoms with E-state index in [2.05, 4.69) is 25.4 Å². The molecule has 0 bridgehead atoms. The van der Waals surface area contributed by atoms with Crippen LogP contribution in [-0.4, -0.2) is 37.7 Å². The highest BCUT2D eigenvalue weighted by molar-refractivity contribution is 5.96. The van der Waals surface area contributed by atoms with E-state index >= 15 is 0 Å². The molecule has 1 N–H and O–H groups in total. The van der Waals surface area contributed by atoms with Gasteiger partial charge >= 0.3 is 0 Å². The first-order valence-corrected chi connectivity index (χ1v) is 10.7. The van der Waals surface area contributed by atoms with E-state index in [-0.39, 0.29) is 18.1 Å². The van der Waals surface area contributed by atoms with Gasteiger partial charge in [-0.05, 0) is 50.1 Å². The molecule has 2 aromatic carbocycles. The van der Waals surface area contributed by atoms with Crippen LogP contribution in [0.1, 0.15) is 53.4 Å². The molecule has 0 saturated carbocycles. The van der Waals surface area contributed by atoms with Crippen LogP contribution >= 0.6 is 0 Å². The van der Waals surface area contributed by atoms with E-state index in [1.807, 2.05) is 57.2 Å². The number of nitrogens with zero attached hydrogens (tertiary/aromatic N) is 5. The Morgan fingerprint density at radius 2 is 1.82 bits per heavy atom. The van der Waals surface area contributed by atoms with Gasteiger partial charge in [0.2, 0.25) is 0 Å². The molecule has 33 heavy (non-hydrogen) atoms. The monoisotopic (exact) mass is 442 g/mol. The highest BCUT2D eigenvalue weighted by Crippen LogP contribution is 2.27. The molecule has 1 amide bonds. The Balaban J connectivity index is 1.75. The molecule has 0 radical (unpaired) electrons. The number of nitrogens with one attached hydrogen (secondary N) is 1. The second kappa shape index (κ2) is 9.70. The Labute approximate surface area is 192 Å². The highest BCUT2D eigenvalue weighted by atomic mass is 16.5. The van der Waals surface area contributed by atoms with Crippen molar-refractivity contribution in [1.29, 1.82) is 0 Å². The average Bonchev–Trinajstić information content (AvgIpc) is 3.34. The lowest BCUT2D eigenvalue weighted by molar-refractivity contribution is 0.0939. The van der Waals surface area contributed by atoms with Crippen LogP contribution in [-0.2, 0) is 4.74 Å². The van der Waals surface area contributed by atoms with E-state index in [0.717, 1.165) is 22.4 Å². The number of carbonyl (C=O) groups is 1. The normalized spacial score (nSPS) is 12.8. The average molecular weight is 443 g/mol. The third kappa shape index (κ3) is 4.96. The highest BCUT2D eigenvalue weighted by Gasteiger charge is 2.18. The van der Waals surface area contributed by atoms with Gasteiger partial charge in [0.15, 0.2) is 5.82 Å². The smallest absolute Gasteiger partial charge is 0.251 e. The number of amides is 1. The maximum absolute atomic E-state index is 13.2. The summed E-state index contributed by atoms with van der Waals surface area (Å²) in [6, 6.07) is 13.6. The predicted molar refractivity (Wildman–Crippen MR) is 125 cm³/mol. The summed E-state index contributed by atoms with van der Waals surface area (Å²) in [5.41, 5.74) is 4.98. The fourth-order valence-electron chi connectivity index (χ4n) is 3.50. The SMILES string of the molecule is COC(C)c1ncnn1-c1cc(C(=O)NC(C)c2cnccn2)cc(-c2ccc(C)cc2)c1. The number of ether oxygens (including phenoxy) is 1. The Bertz CT molecular complexity index is 1240. The van der Waals surface area contributed by atoms with Gasteiger partial charge < -0.3 is 10.1 Å². The molecule has 8 heteroatoms. The van der Waals surface area contributed by atoms with Crippen molar-refractivity contribution < 1.29 is 9.53 Å². The van der Waals surface area contributed by atoms with Crippen LogP contribution in [0.4, 0.5) is 0 Å². The summed E-state index contributed by atoms with van der Waals surface area (Å²) < 4.78 is 7.15. The van der Waals surface area contributed by atoms with Crippen molar-refractivity contribution in [2.75, 3.05) is 7.11 Å². The molecule has 0 aliphatic carbocycles. The molecule has 8 nitrogen and oxygen atoms in total. The minimum atomic E-state index is -0.298. The van der Waals surface area contributed by atoms with Crippen molar-refractivity contribution in [3.8, 4) is 16.8 Å². The van der Waals surface area contributed by atoms with E-state index in [0.29, 0.717) is 17.1 Å². The molecule has 0 spiro atoms. The molecule has 2 atom stereocenters. The number of carbonyl (C=O) groups excluding carboxylic acids is 1. The Hall–Kier alpha value is -3.91. The fourth-order valence-corrected chi connectivity index (χ4v) is 3.50. The number of hydrogen-bond donors (Lipinski definition) is 1. The summed E-state index contributed by atoms with van der Waals surface area (Å²) >= 11 is 0.